The number of carbonyl (C=O) groups excluding carboxylic acids is 2. The minimum Gasteiger partial charge on any atom is -0.344 e. The molecule has 1 N–H and O–H groups in total. The number of amides is 2. The molecular formula is C14H15F3N2O2. The Hall–Kier alpha value is -2.05. The van der Waals surface area contributed by atoms with E-state index in [9.17, 15) is 22.8 Å². The summed E-state index contributed by atoms with van der Waals surface area (Å²) in [5.74, 6) is -2.44. The number of para-hydroxylation sites is 1. The summed E-state index contributed by atoms with van der Waals surface area (Å²) >= 11 is 0. The molecule has 2 rings (SSSR count). The molecule has 0 aromatic heterocycles. The maximum absolute atomic E-state index is 12.6. The van der Waals surface area contributed by atoms with Crippen LogP contribution in [0.5, 0.6) is 0 Å². The topological polar surface area (TPSA) is 49.4 Å². The number of carbonyl (C=O) groups is 2. The summed E-state index contributed by atoms with van der Waals surface area (Å²) in [5, 5.41) is 1.88. The summed E-state index contributed by atoms with van der Waals surface area (Å²) in [4.78, 5) is 25.3. The van der Waals surface area contributed by atoms with Crippen LogP contribution in [-0.2, 0) is 9.59 Å². The monoisotopic (exact) mass is 300 g/mol. The first-order chi connectivity index (χ1) is 9.80. The fraction of sp³-hybridized carbons (Fsp3) is 0.429. The highest BCUT2D eigenvalue weighted by Gasteiger charge is 2.46. The average molecular weight is 300 g/mol. The lowest BCUT2D eigenvalue weighted by Gasteiger charge is -2.31. The summed E-state index contributed by atoms with van der Waals surface area (Å²) in [6, 6.07) is 6.77. The van der Waals surface area contributed by atoms with E-state index in [1.54, 1.807) is 30.3 Å². The van der Waals surface area contributed by atoms with Crippen molar-refractivity contribution >= 4 is 17.5 Å². The van der Waals surface area contributed by atoms with Gasteiger partial charge in [-0.3, -0.25) is 9.59 Å². The van der Waals surface area contributed by atoms with Gasteiger partial charge in [0, 0.05) is 12.7 Å². The quantitative estimate of drug-likeness (QED) is 0.850. The van der Waals surface area contributed by atoms with Crippen LogP contribution in [0.2, 0.25) is 0 Å². The van der Waals surface area contributed by atoms with Gasteiger partial charge >= 0.3 is 6.18 Å². The maximum atomic E-state index is 12.6. The fourth-order valence-electron chi connectivity index (χ4n) is 2.30. The summed E-state index contributed by atoms with van der Waals surface area (Å²) in [6.45, 7) is 0. The zero-order valence-corrected chi connectivity index (χ0v) is 11.4. The van der Waals surface area contributed by atoms with Gasteiger partial charge in [-0.25, -0.2) is 0 Å². The molecule has 2 amide bonds. The second kappa shape index (κ2) is 5.75. The third-order valence-electron chi connectivity index (χ3n) is 3.54. The van der Waals surface area contributed by atoms with Crippen molar-refractivity contribution in [3.05, 3.63) is 30.3 Å². The minimum absolute atomic E-state index is 0.105. The molecule has 7 heteroatoms. The molecule has 0 bridgehead atoms. The molecule has 0 spiro atoms. The second-order valence-electron chi connectivity index (χ2n) is 4.97. The number of halogens is 3. The van der Waals surface area contributed by atoms with Gasteiger partial charge in [-0.15, -0.1) is 0 Å². The summed E-state index contributed by atoms with van der Waals surface area (Å²) < 4.78 is 37.7. The molecule has 0 aliphatic carbocycles. The predicted molar refractivity (Wildman–Crippen MR) is 70.6 cm³/mol. The Balaban J connectivity index is 2.06. The Kier molecular flexibility index (Phi) is 4.20. The van der Waals surface area contributed by atoms with Gasteiger partial charge in [0.25, 0.3) is 0 Å². The highest BCUT2D eigenvalue weighted by molar-refractivity contribution is 6.07. The highest BCUT2D eigenvalue weighted by Crippen LogP contribution is 2.29. The van der Waals surface area contributed by atoms with Crippen LogP contribution in [0, 0.1) is 5.92 Å². The molecule has 0 radical (unpaired) electrons. The molecule has 21 heavy (non-hydrogen) atoms. The van der Waals surface area contributed by atoms with Gasteiger partial charge in [0.1, 0.15) is 12.0 Å². The number of hydrogen-bond donors (Lipinski definition) is 1. The summed E-state index contributed by atoms with van der Waals surface area (Å²) in [7, 11) is 1.50. The van der Waals surface area contributed by atoms with E-state index >= 15 is 0 Å². The number of benzene rings is 1. The average Bonchev–Trinajstić information content (AvgIpc) is 2.45. The molecule has 2 atom stereocenters. The second-order valence-corrected chi connectivity index (χ2v) is 4.97. The number of anilines is 1. The summed E-state index contributed by atoms with van der Waals surface area (Å²) in [6.07, 6.45) is -4.87. The Morgan fingerprint density at radius 1 is 1.24 bits per heavy atom. The van der Waals surface area contributed by atoms with Gasteiger partial charge in [-0.2, -0.15) is 13.2 Å². The van der Waals surface area contributed by atoms with Gasteiger partial charge in [-0.05, 0) is 25.0 Å². The highest BCUT2D eigenvalue weighted by atomic mass is 19.4. The number of nitrogens with zero attached hydrogens (tertiary/aromatic N) is 1. The fourth-order valence-corrected chi connectivity index (χ4v) is 2.30. The Morgan fingerprint density at radius 2 is 1.86 bits per heavy atom. The molecule has 1 aliphatic rings. The molecule has 114 valence electrons. The first kappa shape index (κ1) is 15.3. The number of rotatable bonds is 2. The number of piperidine rings is 1. The Morgan fingerprint density at radius 3 is 2.38 bits per heavy atom. The number of nitrogens with one attached hydrogen (secondary N) is 1. The van der Waals surface area contributed by atoms with E-state index in [0.717, 1.165) is 0 Å². The number of hydrogen-bond acceptors (Lipinski definition) is 2. The Labute approximate surface area is 119 Å². The van der Waals surface area contributed by atoms with Crippen LogP contribution in [-0.4, -0.2) is 31.1 Å². The lowest BCUT2D eigenvalue weighted by atomic mass is 9.92. The van der Waals surface area contributed by atoms with Crippen LogP contribution in [0.4, 0.5) is 18.9 Å². The minimum atomic E-state index is -4.48. The van der Waals surface area contributed by atoms with Crippen LogP contribution in [0.1, 0.15) is 12.8 Å². The molecule has 0 saturated carbocycles. The van der Waals surface area contributed by atoms with E-state index in [0.29, 0.717) is 5.69 Å². The van der Waals surface area contributed by atoms with E-state index in [2.05, 4.69) is 0 Å². The molecule has 1 fully saturated rings. The normalized spacial score (nSPS) is 22.6. The summed E-state index contributed by atoms with van der Waals surface area (Å²) in [5.41, 5.74) is 0.591. The third-order valence-corrected chi connectivity index (χ3v) is 3.54. The van der Waals surface area contributed by atoms with E-state index in [1.807, 2.05) is 5.32 Å². The molecule has 1 aliphatic heterocycles. The van der Waals surface area contributed by atoms with Crippen molar-refractivity contribution in [3.63, 3.8) is 0 Å². The number of alkyl halides is 3. The van der Waals surface area contributed by atoms with Crippen LogP contribution in [0.15, 0.2) is 30.3 Å². The smallest absolute Gasteiger partial charge is 0.344 e. The zero-order valence-electron chi connectivity index (χ0n) is 11.4. The molecule has 1 aromatic rings. The van der Waals surface area contributed by atoms with Crippen molar-refractivity contribution in [2.45, 2.75) is 25.1 Å². The molecule has 1 aromatic carbocycles. The van der Waals surface area contributed by atoms with Gasteiger partial charge in [0.2, 0.25) is 11.8 Å². The van der Waals surface area contributed by atoms with Crippen molar-refractivity contribution in [2.24, 2.45) is 5.92 Å². The van der Waals surface area contributed by atoms with E-state index in [-0.39, 0.29) is 12.8 Å². The molecule has 1 heterocycles. The van der Waals surface area contributed by atoms with Gasteiger partial charge in [-0.1, -0.05) is 18.2 Å². The van der Waals surface area contributed by atoms with Crippen LogP contribution in [0.25, 0.3) is 0 Å². The maximum Gasteiger partial charge on any atom is 0.408 e. The molecular weight excluding hydrogens is 285 g/mol. The van der Waals surface area contributed by atoms with Crippen molar-refractivity contribution in [1.29, 1.82) is 0 Å². The third kappa shape index (κ3) is 3.34. The van der Waals surface area contributed by atoms with Crippen molar-refractivity contribution in [1.82, 2.24) is 5.32 Å². The van der Waals surface area contributed by atoms with Crippen LogP contribution in [0.3, 0.4) is 0 Å². The Bertz CT molecular complexity index is 531. The van der Waals surface area contributed by atoms with Crippen LogP contribution >= 0.6 is 0 Å². The predicted octanol–water partition coefficient (Wildman–Crippen LogP) is 2.11. The van der Waals surface area contributed by atoms with Crippen molar-refractivity contribution in [3.8, 4) is 0 Å². The van der Waals surface area contributed by atoms with E-state index in [1.165, 1.54) is 11.9 Å². The standard InChI is InChI=1S/C14H15F3N2O2/c1-19(9-5-3-2-4-6-9)13(21)10-7-8-11(14(15,16)17)18-12(10)20/h2-6,10-11H,7-8H2,1H3,(H,18,20). The SMILES string of the molecule is CN(C(=O)C1CCC(C(F)(F)F)NC1=O)c1ccccc1. The van der Waals surface area contributed by atoms with Crippen LogP contribution < -0.4 is 10.2 Å². The molecule has 4 nitrogen and oxygen atoms in total. The van der Waals surface area contributed by atoms with Gasteiger partial charge in [0.05, 0.1) is 0 Å². The first-order valence-electron chi connectivity index (χ1n) is 6.50. The zero-order chi connectivity index (χ0) is 15.6. The molecule has 1 saturated heterocycles. The van der Waals surface area contributed by atoms with Crippen molar-refractivity contribution < 1.29 is 22.8 Å². The van der Waals surface area contributed by atoms with E-state index in [4.69, 9.17) is 0 Å². The van der Waals surface area contributed by atoms with Gasteiger partial charge < -0.3 is 10.2 Å². The first-order valence-corrected chi connectivity index (χ1v) is 6.50. The van der Waals surface area contributed by atoms with E-state index < -0.39 is 30.0 Å². The van der Waals surface area contributed by atoms with Crippen molar-refractivity contribution in [2.75, 3.05) is 11.9 Å². The molecule has 2 unspecified atom stereocenters. The largest absolute Gasteiger partial charge is 0.408 e. The lowest BCUT2D eigenvalue weighted by molar-refractivity contribution is -0.171. The lowest BCUT2D eigenvalue weighted by Crippen LogP contribution is -2.54. The van der Waals surface area contributed by atoms with Gasteiger partial charge in [0.15, 0.2) is 0 Å².